The van der Waals surface area contributed by atoms with Gasteiger partial charge in [-0.25, -0.2) is 18.1 Å². The van der Waals surface area contributed by atoms with E-state index in [4.69, 9.17) is 10.5 Å². The molecule has 0 bridgehead atoms. The monoisotopic (exact) mass is 277 g/mol. The van der Waals surface area contributed by atoms with Gasteiger partial charge in [0.15, 0.2) is 9.34 Å². The molecular weight excluding hydrogens is 262 g/mol. The molecule has 0 radical (unpaired) electrons. The smallest absolute Gasteiger partial charge is 0.252 e. The van der Waals surface area contributed by atoms with Crippen LogP contribution in [-0.2, 0) is 14.8 Å². The third kappa shape index (κ3) is 2.95. The maximum Gasteiger partial charge on any atom is 0.252 e. The van der Waals surface area contributed by atoms with E-state index in [1.807, 2.05) is 0 Å². The highest BCUT2D eigenvalue weighted by atomic mass is 32.2. The van der Waals surface area contributed by atoms with E-state index < -0.39 is 10.0 Å². The van der Waals surface area contributed by atoms with Crippen molar-refractivity contribution < 1.29 is 13.2 Å². The second-order valence-corrected chi connectivity index (χ2v) is 6.90. The van der Waals surface area contributed by atoms with Crippen LogP contribution < -0.4 is 10.5 Å². The number of aryl methyl sites for hydroxylation is 1. The van der Waals surface area contributed by atoms with Crippen molar-refractivity contribution in [2.45, 2.75) is 30.0 Å². The molecule has 1 aliphatic rings. The fourth-order valence-corrected chi connectivity index (χ4v) is 4.33. The van der Waals surface area contributed by atoms with Crippen molar-refractivity contribution in [3.8, 4) is 0 Å². The number of nitrogen functional groups attached to an aromatic ring is 1. The van der Waals surface area contributed by atoms with Gasteiger partial charge in [-0.05, 0) is 19.8 Å². The number of sulfonamides is 1. The van der Waals surface area contributed by atoms with Crippen LogP contribution in [0.15, 0.2) is 4.21 Å². The number of anilines is 1. The van der Waals surface area contributed by atoms with Gasteiger partial charge in [-0.1, -0.05) is 11.3 Å². The van der Waals surface area contributed by atoms with E-state index in [1.54, 1.807) is 6.92 Å². The summed E-state index contributed by atoms with van der Waals surface area (Å²) in [6.45, 7) is 2.76. The Kier molecular flexibility index (Phi) is 3.67. The van der Waals surface area contributed by atoms with Crippen molar-refractivity contribution in [2.75, 3.05) is 18.9 Å². The standard InChI is InChI=1S/C9H15N3O3S2/c1-6-8(16-9(10)11-6)17(13,14)12-7-3-2-4-15-5-7/h7,12H,2-5H2,1H3,(H2,10,11). The summed E-state index contributed by atoms with van der Waals surface area (Å²) in [6.07, 6.45) is 1.67. The van der Waals surface area contributed by atoms with Crippen molar-refractivity contribution in [2.24, 2.45) is 0 Å². The molecular formula is C9H15N3O3S2. The third-order valence-electron chi connectivity index (χ3n) is 2.50. The highest BCUT2D eigenvalue weighted by molar-refractivity contribution is 7.91. The Hall–Kier alpha value is -0.700. The summed E-state index contributed by atoms with van der Waals surface area (Å²) < 4.78 is 32.2. The summed E-state index contributed by atoms with van der Waals surface area (Å²) in [4.78, 5) is 3.92. The van der Waals surface area contributed by atoms with E-state index in [1.165, 1.54) is 0 Å². The number of nitrogens with zero attached hydrogens (tertiary/aromatic N) is 1. The Morgan fingerprint density at radius 2 is 2.35 bits per heavy atom. The molecule has 96 valence electrons. The summed E-state index contributed by atoms with van der Waals surface area (Å²) >= 11 is 0.985. The number of thiazole rings is 1. The lowest BCUT2D eigenvalue weighted by Crippen LogP contribution is -2.40. The summed E-state index contributed by atoms with van der Waals surface area (Å²) in [5.74, 6) is 0. The molecule has 1 aromatic heterocycles. The molecule has 8 heteroatoms. The molecule has 0 saturated carbocycles. The van der Waals surface area contributed by atoms with Gasteiger partial charge in [0.1, 0.15) is 0 Å². The first kappa shape index (κ1) is 12.7. The van der Waals surface area contributed by atoms with Gasteiger partial charge >= 0.3 is 0 Å². The van der Waals surface area contributed by atoms with Crippen molar-refractivity contribution in [1.29, 1.82) is 0 Å². The molecule has 1 aliphatic heterocycles. The van der Waals surface area contributed by atoms with Gasteiger partial charge in [-0.2, -0.15) is 0 Å². The van der Waals surface area contributed by atoms with Crippen molar-refractivity contribution in [1.82, 2.24) is 9.71 Å². The van der Waals surface area contributed by atoms with Gasteiger partial charge in [0.25, 0.3) is 10.0 Å². The third-order valence-corrected chi connectivity index (χ3v) is 5.61. The van der Waals surface area contributed by atoms with Crippen LogP contribution in [0.3, 0.4) is 0 Å². The van der Waals surface area contributed by atoms with Gasteiger partial charge < -0.3 is 10.5 Å². The molecule has 2 heterocycles. The molecule has 1 atom stereocenters. The van der Waals surface area contributed by atoms with Crippen LogP contribution >= 0.6 is 11.3 Å². The number of nitrogens with one attached hydrogen (secondary N) is 1. The van der Waals surface area contributed by atoms with Crippen LogP contribution in [0, 0.1) is 6.92 Å². The largest absolute Gasteiger partial charge is 0.380 e. The van der Waals surface area contributed by atoms with Crippen molar-refractivity contribution in [3.05, 3.63) is 5.69 Å². The number of hydrogen-bond donors (Lipinski definition) is 2. The molecule has 1 aromatic rings. The molecule has 2 rings (SSSR count). The minimum Gasteiger partial charge on any atom is -0.380 e. The van der Waals surface area contributed by atoms with E-state index in [9.17, 15) is 8.42 Å². The zero-order valence-electron chi connectivity index (χ0n) is 9.47. The average Bonchev–Trinajstić information content (AvgIpc) is 2.59. The summed E-state index contributed by atoms with van der Waals surface area (Å²) in [6, 6.07) is -0.156. The van der Waals surface area contributed by atoms with Crippen LogP contribution in [0.25, 0.3) is 0 Å². The normalized spacial score (nSPS) is 21.6. The van der Waals surface area contributed by atoms with Crippen LogP contribution in [0.2, 0.25) is 0 Å². The zero-order chi connectivity index (χ0) is 12.5. The van der Waals surface area contributed by atoms with Gasteiger partial charge in [-0.15, -0.1) is 0 Å². The number of hydrogen-bond acceptors (Lipinski definition) is 6. The minimum atomic E-state index is -3.52. The molecule has 0 aromatic carbocycles. The van der Waals surface area contributed by atoms with E-state index in [0.29, 0.717) is 18.9 Å². The lowest BCUT2D eigenvalue weighted by molar-refractivity contribution is 0.0774. The van der Waals surface area contributed by atoms with Crippen LogP contribution in [0.1, 0.15) is 18.5 Å². The van der Waals surface area contributed by atoms with Crippen LogP contribution in [-0.4, -0.2) is 32.7 Å². The molecule has 1 fully saturated rings. The van der Waals surface area contributed by atoms with E-state index in [-0.39, 0.29) is 15.4 Å². The Morgan fingerprint density at radius 1 is 1.59 bits per heavy atom. The van der Waals surface area contributed by atoms with Crippen molar-refractivity contribution in [3.63, 3.8) is 0 Å². The lowest BCUT2D eigenvalue weighted by Gasteiger charge is -2.22. The molecule has 6 nitrogen and oxygen atoms in total. The van der Waals surface area contributed by atoms with Gasteiger partial charge in [0, 0.05) is 12.6 Å². The molecule has 0 aliphatic carbocycles. The summed E-state index contributed by atoms with van der Waals surface area (Å²) in [7, 11) is -3.52. The number of ether oxygens (including phenoxy) is 1. The summed E-state index contributed by atoms with van der Waals surface area (Å²) in [5.41, 5.74) is 5.94. The Labute approximate surface area is 104 Å². The maximum atomic E-state index is 12.1. The first-order chi connectivity index (χ1) is 7.99. The molecule has 1 unspecified atom stereocenters. The Morgan fingerprint density at radius 3 is 2.88 bits per heavy atom. The fourth-order valence-electron chi connectivity index (χ4n) is 1.76. The lowest BCUT2D eigenvalue weighted by atomic mass is 10.1. The topological polar surface area (TPSA) is 94.3 Å². The Bertz CT molecular complexity index is 492. The number of rotatable bonds is 3. The number of nitrogens with two attached hydrogens (primary N) is 1. The maximum absolute atomic E-state index is 12.1. The van der Waals surface area contributed by atoms with Crippen LogP contribution in [0.4, 0.5) is 5.13 Å². The molecule has 3 N–H and O–H groups in total. The van der Waals surface area contributed by atoms with E-state index >= 15 is 0 Å². The second-order valence-electron chi connectivity index (χ2n) is 3.96. The highest BCUT2D eigenvalue weighted by Crippen LogP contribution is 2.25. The fraction of sp³-hybridized carbons (Fsp3) is 0.667. The van der Waals surface area contributed by atoms with E-state index in [0.717, 1.165) is 24.2 Å². The molecule has 0 spiro atoms. The highest BCUT2D eigenvalue weighted by Gasteiger charge is 2.26. The molecule has 1 saturated heterocycles. The van der Waals surface area contributed by atoms with Crippen LogP contribution in [0.5, 0.6) is 0 Å². The van der Waals surface area contributed by atoms with Gasteiger partial charge in [0.05, 0.1) is 12.3 Å². The average molecular weight is 277 g/mol. The van der Waals surface area contributed by atoms with E-state index in [2.05, 4.69) is 9.71 Å². The van der Waals surface area contributed by atoms with Gasteiger partial charge in [0.2, 0.25) is 0 Å². The quantitative estimate of drug-likeness (QED) is 0.838. The van der Waals surface area contributed by atoms with Crippen molar-refractivity contribution >= 4 is 26.5 Å². The first-order valence-electron chi connectivity index (χ1n) is 5.32. The summed E-state index contributed by atoms with van der Waals surface area (Å²) in [5, 5.41) is 0.266. The predicted octanol–water partition coefficient (Wildman–Crippen LogP) is 0.491. The zero-order valence-corrected chi connectivity index (χ0v) is 11.1. The molecule has 0 amide bonds. The molecule has 17 heavy (non-hydrogen) atoms. The predicted molar refractivity (Wildman–Crippen MR) is 65.4 cm³/mol. The first-order valence-corrected chi connectivity index (χ1v) is 7.62. The second kappa shape index (κ2) is 4.89. The van der Waals surface area contributed by atoms with Gasteiger partial charge in [-0.3, -0.25) is 0 Å². The Balaban J connectivity index is 2.15. The number of aromatic nitrogens is 1. The SMILES string of the molecule is Cc1nc(N)sc1S(=O)(=O)NC1CCCOC1. The minimum absolute atomic E-state index is 0.156.